The van der Waals surface area contributed by atoms with Crippen LogP contribution in [0.5, 0.6) is 0 Å². The minimum absolute atomic E-state index is 0.125. The largest absolute Gasteiger partial charge is 0.305 e. The van der Waals surface area contributed by atoms with Crippen LogP contribution in [-0.4, -0.2) is 21.3 Å². The molecule has 0 spiro atoms. The maximum absolute atomic E-state index is 4.52. The normalized spacial score (nSPS) is 12.6. The van der Waals surface area contributed by atoms with Crippen LogP contribution in [0, 0.1) is 6.92 Å². The summed E-state index contributed by atoms with van der Waals surface area (Å²) in [6.07, 6.45) is 8.15. The Kier molecular flexibility index (Phi) is 5.30. The third-order valence-electron chi connectivity index (χ3n) is 3.27. The smallest absolute Gasteiger partial charge is 0.0782 e. The molecule has 2 aromatic rings. The number of nitrogens with zero attached hydrogens (tertiary/aromatic N) is 3. The van der Waals surface area contributed by atoms with Crippen LogP contribution in [0.4, 0.5) is 0 Å². The second-order valence-electron chi connectivity index (χ2n) is 5.18. The predicted octanol–water partition coefficient (Wildman–Crippen LogP) is 3.09. The van der Waals surface area contributed by atoms with Crippen LogP contribution in [0.15, 0.2) is 30.7 Å². The molecule has 2 heterocycles. The number of nitrogens with one attached hydrogen (secondary N) is 1. The van der Waals surface area contributed by atoms with E-state index in [9.17, 15) is 0 Å². The zero-order chi connectivity index (χ0) is 14.4. The van der Waals surface area contributed by atoms with Gasteiger partial charge in [0.15, 0.2) is 0 Å². The monoisotopic (exact) mass is 272 g/mol. The van der Waals surface area contributed by atoms with Gasteiger partial charge in [0.1, 0.15) is 0 Å². The first-order chi connectivity index (χ1) is 9.74. The average Bonchev–Trinajstić information content (AvgIpc) is 2.88. The molecule has 0 bridgehead atoms. The molecule has 1 N–H and O–H groups in total. The summed E-state index contributed by atoms with van der Waals surface area (Å²) in [5, 5.41) is 8.00. The van der Waals surface area contributed by atoms with E-state index in [1.807, 2.05) is 23.1 Å². The van der Waals surface area contributed by atoms with Gasteiger partial charge in [-0.2, -0.15) is 5.10 Å². The molecule has 4 heteroatoms. The average molecular weight is 272 g/mol. The molecular formula is C16H24N4. The summed E-state index contributed by atoms with van der Waals surface area (Å²) in [4.78, 5) is 4.52. The van der Waals surface area contributed by atoms with Crippen molar-refractivity contribution in [3.8, 4) is 0 Å². The van der Waals surface area contributed by atoms with E-state index in [1.54, 1.807) is 0 Å². The van der Waals surface area contributed by atoms with Gasteiger partial charge in [0, 0.05) is 24.5 Å². The van der Waals surface area contributed by atoms with E-state index in [2.05, 4.69) is 48.4 Å². The number of aromatic nitrogens is 3. The molecule has 0 aliphatic heterocycles. The lowest BCUT2D eigenvalue weighted by Crippen LogP contribution is -2.23. The quantitative estimate of drug-likeness (QED) is 0.842. The van der Waals surface area contributed by atoms with Crippen molar-refractivity contribution in [3.63, 3.8) is 0 Å². The molecule has 0 aromatic carbocycles. The summed E-state index contributed by atoms with van der Waals surface area (Å²) in [6, 6.07) is 4.30. The van der Waals surface area contributed by atoms with Crippen molar-refractivity contribution >= 4 is 0 Å². The van der Waals surface area contributed by atoms with Gasteiger partial charge in [-0.25, -0.2) is 0 Å². The van der Waals surface area contributed by atoms with Gasteiger partial charge in [0.2, 0.25) is 0 Å². The van der Waals surface area contributed by atoms with Gasteiger partial charge in [-0.05, 0) is 44.0 Å². The molecule has 0 radical (unpaired) electrons. The van der Waals surface area contributed by atoms with E-state index in [0.717, 1.165) is 31.6 Å². The fraction of sp³-hybridized carbons (Fsp3) is 0.500. The highest BCUT2D eigenvalue weighted by Gasteiger charge is 2.16. The molecule has 2 aromatic heterocycles. The summed E-state index contributed by atoms with van der Waals surface area (Å²) in [5.74, 6) is 0. The number of pyridine rings is 1. The van der Waals surface area contributed by atoms with E-state index < -0.39 is 0 Å². The number of aryl methyl sites for hydroxylation is 2. The fourth-order valence-corrected chi connectivity index (χ4v) is 2.28. The van der Waals surface area contributed by atoms with Crippen LogP contribution >= 0.6 is 0 Å². The van der Waals surface area contributed by atoms with Crippen molar-refractivity contribution < 1.29 is 0 Å². The molecule has 0 fully saturated rings. The van der Waals surface area contributed by atoms with Gasteiger partial charge in [0.25, 0.3) is 0 Å². The molecule has 0 saturated heterocycles. The second kappa shape index (κ2) is 7.20. The van der Waals surface area contributed by atoms with Gasteiger partial charge in [-0.1, -0.05) is 13.8 Å². The van der Waals surface area contributed by atoms with Crippen LogP contribution in [0.25, 0.3) is 0 Å². The summed E-state index contributed by atoms with van der Waals surface area (Å²) in [7, 11) is 0. The maximum Gasteiger partial charge on any atom is 0.0782 e. The van der Waals surface area contributed by atoms with E-state index in [1.165, 1.54) is 11.1 Å². The fourth-order valence-electron chi connectivity index (χ4n) is 2.28. The van der Waals surface area contributed by atoms with Crippen molar-refractivity contribution in [1.82, 2.24) is 20.1 Å². The number of hydrogen-bond donors (Lipinski definition) is 1. The molecule has 1 atom stereocenters. The molecule has 108 valence electrons. The first-order valence-electron chi connectivity index (χ1n) is 7.42. The van der Waals surface area contributed by atoms with Crippen molar-refractivity contribution in [1.29, 1.82) is 0 Å². The third kappa shape index (κ3) is 3.67. The predicted molar refractivity (Wildman–Crippen MR) is 81.6 cm³/mol. The summed E-state index contributed by atoms with van der Waals surface area (Å²) >= 11 is 0. The van der Waals surface area contributed by atoms with Crippen molar-refractivity contribution in [2.24, 2.45) is 0 Å². The van der Waals surface area contributed by atoms with Crippen molar-refractivity contribution in [3.05, 3.63) is 47.5 Å². The second-order valence-corrected chi connectivity index (χ2v) is 5.18. The number of rotatable bonds is 7. The van der Waals surface area contributed by atoms with Crippen LogP contribution in [0.3, 0.4) is 0 Å². The zero-order valence-corrected chi connectivity index (χ0v) is 12.6. The lowest BCUT2D eigenvalue weighted by molar-refractivity contribution is 0.579. The third-order valence-corrected chi connectivity index (χ3v) is 3.27. The van der Waals surface area contributed by atoms with Gasteiger partial charge in [0.05, 0.1) is 17.9 Å². The minimum atomic E-state index is 0.125. The van der Waals surface area contributed by atoms with Crippen molar-refractivity contribution in [2.75, 3.05) is 6.54 Å². The first-order valence-corrected chi connectivity index (χ1v) is 7.42. The maximum atomic E-state index is 4.52. The molecule has 0 amide bonds. The van der Waals surface area contributed by atoms with E-state index in [4.69, 9.17) is 0 Å². The highest BCUT2D eigenvalue weighted by atomic mass is 15.3. The Balaban J connectivity index is 2.26. The topological polar surface area (TPSA) is 42.7 Å². The van der Waals surface area contributed by atoms with E-state index in [-0.39, 0.29) is 6.04 Å². The SMILES string of the molecule is CCCNC(c1cnn(CCC)c1)c1cc(C)ccn1. The number of hydrogen-bond acceptors (Lipinski definition) is 3. The standard InChI is InChI=1S/C16H24N4/c1-4-7-18-16(15-10-13(3)6-8-17-15)14-11-19-20(12-14)9-5-2/h6,8,10-12,16,18H,4-5,7,9H2,1-3H3. The van der Waals surface area contributed by atoms with Gasteiger partial charge in [-0.3, -0.25) is 9.67 Å². The Labute approximate surface area is 121 Å². The Morgan fingerprint density at radius 3 is 2.85 bits per heavy atom. The van der Waals surface area contributed by atoms with Gasteiger partial charge in [-0.15, -0.1) is 0 Å². The molecule has 0 saturated carbocycles. The lowest BCUT2D eigenvalue weighted by atomic mass is 10.1. The van der Waals surface area contributed by atoms with Crippen LogP contribution in [0.2, 0.25) is 0 Å². The lowest BCUT2D eigenvalue weighted by Gasteiger charge is -2.17. The van der Waals surface area contributed by atoms with E-state index >= 15 is 0 Å². The molecule has 2 rings (SSSR count). The summed E-state index contributed by atoms with van der Waals surface area (Å²) in [5.41, 5.74) is 3.48. The molecule has 4 nitrogen and oxygen atoms in total. The first kappa shape index (κ1) is 14.7. The Hall–Kier alpha value is -1.68. The highest BCUT2D eigenvalue weighted by molar-refractivity contribution is 5.26. The molecule has 1 unspecified atom stereocenters. The molecule has 0 aliphatic carbocycles. The van der Waals surface area contributed by atoms with Gasteiger partial charge >= 0.3 is 0 Å². The highest BCUT2D eigenvalue weighted by Crippen LogP contribution is 2.20. The summed E-state index contributed by atoms with van der Waals surface area (Å²) in [6.45, 7) is 8.37. The summed E-state index contributed by atoms with van der Waals surface area (Å²) < 4.78 is 2.01. The Bertz CT molecular complexity index is 533. The Morgan fingerprint density at radius 1 is 1.30 bits per heavy atom. The molecule has 0 aliphatic rings. The molecular weight excluding hydrogens is 248 g/mol. The zero-order valence-electron chi connectivity index (χ0n) is 12.6. The molecule has 20 heavy (non-hydrogen) atoms. The van der Waals surface area contributed by atoms with Gasteiger partial charge < -0.3 is 5.32 Å². The minimum Gasteiger partial charge on any atom is -0.305 e. The Morgan fingerprint density at radius 2 is 2.15 bits per heavy atom. The van der Waals surface area contributed by atoms with Crippen molar-refractivity contribution in [2.45, 2.75) is 46.2 Å². The van der Waals surface area contributed by atoms with Crippen LogP contribution in [0.1, 0.15) is 49.6 Å². The van der Waals surface area contributed by atoms with E-state index in [0.29, 0.717) is 0 Å². The van der Waals surface area contributed by atoms with Crippen LogP contribution < -0.4 is 5.32 Å². The van der Waals surface area contributed by atoms with Crippen LogP contribution in [-0.2, 0) is 6.54 Å².